The van der Waals surface area contributed by atoms with E-state index < -0.39 is 6.36 Å². The number of anilines is 3. The second kappa shape index (κ2) is 8.16. The third-order valence-electron chi connectivity index (χ3n) is 4.17. The number of benzene rings is 2. The number of hydrogen-bond donors (Lipinski definition) is 2. The molecule has 152 valence electrons. The van der Waals surface area contributed by atoms with Gasteiger partial charge in [-0.15, -0.1) is 13.2 Å². The van der Waals surface area contributed by atoms with E-state index in [-0.39, 0.29) is 5.75 Å². The molecular weight excluding hydrogens is 405 g/mol. The Morgan fingerprint density at radius 2 is 1.79 bits per heavy atom. The molecule has 0 radical (unpaired) electrons. The summed E-state index contributed by atoms with van der Waals surface area (Å²) < 4.78 is 41.6. The van der Waals surface area contributed by atoms with Crippen molar-refractivity contribution in [2.75, 3.05) is 17.7 Å². The van der Waals surface area contributed by atoms with Crippen LogP contribution < -0.4 is 15.4 Å². The highest BCUT2D eigenvalue weighted by Gasteiger charge is 2.31. The molecule has 0 aliphatic rings. The molecule has 1 heterocycles. The highest BCUT2D eigenvalue weighted by atomic mass is 35.5. The lowest BCUT2D eigenvalue weighted by Gasteiger charge is -2.15. The normalized spacial score (nSPS) is 11.3. The third-order valence-corrected chi connectivity index (χ3v) is 4.58. The number of alkyl halides is 3. The summed E-state index contributed by atoms with van der Waals surface area (Å²) in [7, 11) is 1.65. The Labute approximate surface area is 170 Å². The average Bonchev–Trinajstić information content (AvgIpc) is 2.67. The number of hydrogen-bond acceptors (Lipinski definition) is 5. The molecule has 1 aromatic heterocycles. The second-order valence-corrected chi connectivity index (χ2v) is 6.68. The zero-order valence-electron chi connectivity index (χ0n) is 15.9. The fourth-order valence-electron chi connectivity index (χ4n) is 2.77. The molecule has 0 atom stereocenters. The van der Waals surface area contributed by atoms with Crippen molar-refractivity contribution in [1.82, 2.24) is 9.97 Å². The van der Waals surface area contributed by atoms with Crippen molar-refractivity contribution in [3.63, 3.8) is 0 Å². The van der Waals surface area contributed by atoms with E-state index in [1.54, 1.807) is 19.2 Å². The topological polar surface area (TPSA) is 59.1 Å². The largest absolute Gasteiger partial charge is 0.573 e. The predicted octanol–water partition coefficient (Wildman–Crippen LogP) is 6.10. The number of aromatic nitrogens is 2. The molecule has 2 N–H and O–H groups in total. The van der Waals surface area contributed by atoms with Gasteiger partial charge >= 0.3 is 6.36 Å². The molecule has 0 aliphatic heterocycles. The molecule has 0 unspecified atom stereocenters. The van der Waals surface area contributed by atoms with Gasteiger partial charge in [0.15, 0.2) is 0 Å². The number of nitrogens with one attached hydrogen (secondary N) is 2. The van der Waals surface area contributed by atoms with Gasteiger partial charge in [0.1, 0.15) is 11.6 Å². The molecule has 0 amide bonds. The lowest BCUT2D eigenvalue weighted by atomic mass is 10.1. The van der Waals surface area contributed by atoms with Crippen LogP contribution in [0.5, 0.6) is 5.75 Å². The van der Waals surface area contributed by atoms with Gasteiger partial charge in [0.2, 0.25) is 5.95 Å². The molecule has 0 saturated heterocycles. The monoisotopic (exact) mass is 422 g/mol. The Morgan fingerprint density at radius 3 is 2.48 bits per heavy atom. The summed E-state index contributed by atoms with van der Waals surface area (Å²) in [6, 6.07) is 11.0. The summed E-state index contributed by atoms with van der Waals surface area (Å²) in [5.41, 5.74) is 3.51. The van der Waals surface area contributed by atoms with Crippen molar-refractivity contribution in [2.24, 2.45) is 0 Å². The van der Waals surface area contributed by atoms with Gasteiger partial charge in [0, 0.05) is 29.4 Å². The predicted molar refractivity (Wildman–Crippen MR) is 108 cm³/mol. The SMILES string of the molecule is CNc1nc(Nc2c(C)ccc(Cl)c2C)cc(-c2cccc(OC(F)(F)F)c2)n1. The van der Waals surface area contributed by atoms with E-state index in [2.05, 4.69) is 25.3 Å². The molecule has 2 aromatic carbocycles. The molecule has 0 aliphatic carbocycles. The summed E-state index contributed by atoms with van der Waals surface area (Å²) in [4.78, 5) is 8.72. The van der Waals surface area contributed by atoms with E-state index in [1.807, 2.05) is 26.0 Å². The van der Waals surface area contributed by atoms with E-state index in [4.69, 9.17) is 11.6 Å². The van der Waals surface area contributed by atoms with Crippen LogP contribution in [0.15, 0.2) is 42.5 Å². The number of aryl methyl sites for hydroxylation is 1. The molecule has 9 heteroatoms. The third kappa shape index (κ3) is 5.08. The molecule has 0 fully saturated rings. The minimum absolute atomic E-state index is 0.310. The molecule has 3 rings (SSSR count). The summed E-state index contributed by atoms with van der Waals surface area (Å²) in [6.07, 6.45) is -4.77. The Kier molecular flexibility index (Phi) is 5.83. The molecular formula is C20H18ClF3N4O. The van der Waals surface area contributed by atoms with Crippen molar-refractivity contribution < 1.29 is 17.9 Å². The van der Waals surface area contributed by atoms with Gasteiger partial charge in [-0.2, -0.15) is 4.98 Å². The molecule has 3 aromatic rings. The van der Waals surface area contributed by atoms with E-state index in [1.165, 1.54) is 18.2 Å². The second-order valence-electron chi connectivity index (χ2n) is 6.28. The average molecular weight is 423 g/mol. The van der Waals surface area contributed by atoms with Crippen LogP contribution in [0, 0.1) is 13.8 Å². The van der Waals surface area contributed by atoms with Crippen molar-refractivity contribution in [1.29, 1.82) is 0 Å². The van der Waals surface area contributed by atoms with Crippen molar-refractivity contribution in [3.8, 4) is 17.0 Å². The van der Waals surface area contributed by atoms with Crippen LogP contribution in [0.25, 0.3) is 11.3 Å². The minimum atomic E-state index is -4.77. The zero-order chi connectivity index (χ0) is 21.2. The Balaban J connectivity index is 2.01. The van der Waals surface area contributed by atoms with E-state index >= 15 is 0 Å². The first kappa shape index (κ1) is 20.7. The number of rotatable bonds is 5. The maximum atomic E-state index is 12.5. The quantitative estimate of drug-likeness (QED) is 0.520. The first-order valence-electron chi connectivity index (χ1n) is 8.62. The van der Waals surface area contributed by atoms with Crippen LogP contribution in [0.2, 0.25) is 5.02 Å². The summed E-state index contributed by atoms with van der Waals surface area (Å²) >= 11 is 6.22. The van der Waals surface area contributed by atoms with Gasteiger partial charge in [-0.25, -0.2) is 4.98 Å². The fourth-order valence-corrected chi connectivity index (χ4v) is 2.92. The molecule has 0 saturated carbocycles. The minimum Gasteiger partial charge on any atom is -0.406 e. The lowest BCUT2D eigenvalue weighted by molar-refractivity contribution is -0.274. The standard InChI is InChI=1S/C20H18ClF3N4O/c1-11-7-8-15(21)12(2)18(11)27-17-10-16(26-19(25-3)28-17)13-5-4-6-14(9-13)29-20(22,23)24/h4-10H,1-3H3,(H2,25,26,27,28). The summed E-state index contributed by atoms with van der Waals surface area (Å²) in [5, 5.41) is 6.70. The van der Waals surface area contributed by atoms with Crippen LogP contribution in [0.1, 0.15) is 11.1 Å². The molecule has 29 heavy (non-hydrogen) atoms. The van der Waals surface area contributed by atoms with E-state index in [0.717, 1.165) is 16.8 Å². The first-order valence-corrected chi connectivity index (χ1v) is 9.00. The summed E-state index contributed by atoms with van der Waals surface area (Å²) in [5.74, 6) is 0.454. The molecule has 5 nitrogen and oxygen atoms in total. The Bertz CT molecular complexity index is 1040. The highest BCUT2D eigenvalue weighted by molar-refractivity contribution is 6.31. The van der Waals surface area contributed by atoms with Crippen LogP contribution in [0.3, 0.4) is 0 Å². The van der Waals surface area contributed by atoms with Crippen molar-refractivity contribution >= 4 is 29.1 Å². The van der Waals surface area contributed by atoms with Crippen LogP contribution in [-0.2, 0) is 0 Å². The van der Waals surface area contributed by atoms with E-state index in [9.17, 15) is 13.2 Å². The number of ether oxygens (including phenoxy) is 1. The zero-order valence-corrected chi connectivity index (χ0v) is 16.6. The van der Waals surface area contributed by atoms with Gasteiger partial charge in [-0.05, 0) is 43.2 Å². The maximum absolute atomic E-state index is 12.5. The van der Waals surface area contributed by atoms with E-state index in [0.29, 0.717) is 28.0 Å². The number of nitrogens with zero attached hydrogens (tertiary/aromatic N) is 2. The summed E-state index contributed by atoms with van der Waals surface area (Å²) in [6.45, 7) is 3.82. The van der Waals surface area contributed by atoms with Gasteiger partial charge < -0.3 is 15.4 Å². The molecule has 0 spiro atoms. The smallest absolute Gasteiger partial charge is 0.406 e. The van der Waals surface area contributed by atoms with Gasteiger partial charge in [-0.3, -0.25) is 0 Å². The van der Waals surface area contributed by atoms with Gasteiger partial charge in [0.05, 0.1) is 5.69 Å². The van der Waals surface area contributed by atoms with Crippen LogP contribution >= 0.6 is 11.6 Å². The fraction of sp³-hybridized carbons (Fsp3) is 0.200. The lowest BCUT2D eigenvalue weighted by Crippen LogP contribution is -2.17. The molecule has 0 bridgehead atoms. The van der Waals surface area contributed by atoms with Crippen LogP contribution in [-0.4, -0.2) is 23.4 Å². The number of halogens is 4. The first-order chi connectivity index (χ1) is 13.7. The van der Waals surface area contributed by atoms with Crippen molar-refractivity contribution in [2.45, 2.75) is 20.2 Å². The van der Waals surface area contributed by atoms with Crippen LogP contribution in [0.4, 0.5) is 30.6 Å². The van der Waals surface area contributed by atoms with Crippen molar-refractivity contribution in [3.05, 3.63) is 58.6 Å². The van der Waals surface area contributed by atoms with Gasteiger partial charge in [-0.1, -0.05) is 29.8 Å². The maximum Gasteiger partial charge on any atom is 0.573 e. The Hall–Kier alpha value is -3.00. The highest BCUT2D eigenvalue weighted by Crippen LogP contribution is 2.32. The van der Waals surface area contributed by atoms with Gasteiger partial charge in [0.25, 0.3) is 0 Å². The Morgan fingerprint density at radius 1 is 1.03 bits per heavy atom.